The average Bonchev–Trinajstić information content (AvgIpc) is 2.73. The van der Waals surface area contributed by atoms with Gasteiger partial charge in [0.25, 0.3) is 0 Å². The summed E-state index contributed by atoms with van der Waals surface area (Å²) in [5.41, 5.74) is 5.76. The van der Waals surface area contributed by atoms with Gasteiger partial charge in [-0.3, -0.25) is 4.79 Å². The van der Waals surface area contributed by atoms with Gasteiger partial charge in [-0.25, -0.2) is 0 Å². The Hall–Kier alpha value is -0.450. The maximum Gasteiger partial charge on any atom is 0.152 e. The summed E-state index contributed by atoms with van der Waals surface area (Å²) in [6.45, 7) is 2.33. The fraction of sp³-hybridized carbons (Fsp3) is 0.909. The predicted octanol–water partition coefficient (Wildman–Crippen LogP) is 0.834. The van der Waals surface area contributed by atoms with Crippen molar-refractivity contribution in [3.63, 3.8) is 0 Å². The molecule has 2 rings (SSSR count). The van der Waals surface area contributed by atoms with Crippen LogP contribution in [0, 0.1) is 5.92 Å². The highest BCUT2D eigenvalue weighted by atomic mass is 16.7. The first-order valence-corrected chi connectivity index (χ1v) is 5.75. The molecule has 0 aromatic rings. The van der Waals surface area contributed by atoms with Crippen molar-refractivity contribution in [2.45, 2.75) is 50.9 Å². The van der Waals surface area contributed by atoms with Crippen molar-refractivity contribution in [2.75, 3.05) is 6.79 Å². The molecule has 0 spiro atoms. The Morgan fingerprint density at radius 2 is 2.13 bits per heavy atom. The van der Waals surface area contributed by atoms with E-state index < -0.39 is 0 Å². The van der Waals surface area contributed by atoms with Crippen molar-refractivity contribution in [1.29, 1.82) is 0 Å². The number of ether oxygens (including phenoxy) is 2. The largest absolute Gasteiger partial charge is 0.349 e. The van der Waals surface area contributed by atoms with Crippen LogP contribution in [-0.4, -0.2) is 30.8 Å². The number of carbonyl (C=O) groups is 1. The SMILES string of the molecule is CCC(N)C(=O)C1CCC2OCOC2C1. The van der Waals surface area contributed by atoms with Gasteiger partial charge < -0.3 is 15.2 Å². The van der Waals surface area contributed by atoms with E-state index in [0.29, 0.717) is 6.79 Å². The van der Waals surface area contributed by atoms with Gasteiger partial charge in [-0.15, -0.1) is 0 Å². The van der Waals surface area contributed by atoms with Crippen molar-refractivity contribution in [3.05, 3.63) is 0 Å². The van der Waals surface area contributed by atoms with E-state index in [1.807, 2.05) is 6.92 Å². The number of hydrogen-bond donors (Lipinski definition) is 1. The molecular formula is C11H19NO3. The van der Waals surface area contributed by atoms with Gasteiger partial charge in [0, 0.05) is 5.92 Å². The topological polar surface area (TPSA) is 61.6 Å². The summed E-state index contributed by atoms with van der Waals surface area (Å²) < 4.78 is 10.8. The van der Waals surface area contributed by atoms with Crippen LogP contribution in [0.5, 0.6) is 0 Å². The van der Waals surface area contributed by atoms with E-state index >= 15 is 0 Å². The van der Waals surface area contributed by atoms with Crippen LogP contribution in [0.3, 0.4) is 0 Å². The minimum Gasteiger partial charge on any atom is -0.349 e. The van der Waals surface area contributed by atoms with Crippen LogP contribution in [-0.2, 0) is 14.3 Å². The second kappa shape index (κ2) is 4.60. The minimum atomic E-state index is -0.297. The highest BCUT2D eigenvalue weighted by Gasteiger charge is 2.39. The Morgan fingerprint density at radius 1 is 1.40 bits per heavy atom. The number of carbonyl (C=O) groups excluding carboxylic acids is 1. The van der Waals surface area contributed by atoms with Gasteiger partial charge in [-0.05, 0) is 25.7 Å². The van der Waals surface area contributed by atoms with Gasteiger partial charge in [-0.2, -0.15) is 0 Å². The lowest BCUT2D eigenvalue weighted by Crippen LogP contribution is -2.41. The molecular weight excluding hydrogens is 194 g/mol. The van der Waals surface area contributed by atoms with Gasteiger partial charge in [0.15, 0.2) is 5.78 Å². The smallest absolute Gasteiger partial charge is 0.152 e. The van der Waals surface area contributed by atoms with E-state index in [9.17, 15) is 4.79 Å². The number of nitrogens with two attached hydrogens (primary N) is 1. The predicted molar refractivity (Wildman–Crippen MR) is 55.2 cm³/mol. The molecule has 2 fully saturated rings. The van der Waals surface area contributed by atoms with E-state index in [1.165, 1.54) is 0 Å². The fourth-order valence-electron chi connectivity index (χ4n) is 2.44. The number of fused-ring (bicyclic) bond motifs is 1. The zero-order chi connectivity index (χ0) is 10.8. The molecule has 1 heterocycles. The van der Waals surface area contributed by atoms with Crippen LogP contribution in [0.15, 0.2) is 0 Å². The average molecular weight is 213 g/mol. The quantitative estimate of drug-likeness (QED) is 0.754. The molecule has 2 N–H and O–H groups in total. The van der Waals surface area contributed by atoms with Crippen molar-refractivity contribution < 1.29 is 14.3 Å². The zero-order valence-corrected chi connectivity index (χ0v) is 9.15. The molecule has 15 heavy (non-hydrogen) atoms. The van der Waals surface area contributed by atoms with Gasteiger partial charge in [0.05, 0.1) is 18.2 Å². The van der Waals surface area contributed by atoms with Crippen LogP contribution >= 0.6 is 0 Å². The Bertz CT molecular complexity index is 244. The van der Waals surface area contributed by atoms with E-state index in [2.05, 4.69) is 0 Å². The van der Waals surface area contributed by atoms with Crippen molar-refractivity contribution in [3.8, 4) is 0 Å². The number of ketones is 1. The standard InChI is InChI=1S/C11H19NO3/c1-2-8(12)11(13)7-3-4-9-10(5-7)15-6-14-9/h7-10H,2-6,12H2,1H3. The van der Waals surface area contributed by atoms with Gasteiger partial charge >= 0.3 is 0 Å². The van der Waals surface area contributed by atoms with Crippen LogP contribution in [0.4, 0.5) is 0 Å². The first-order chi connectivity index (χ1) is 7.22. The lowest BCUT2D eigenvalue weighted by molar-refractivity contribution is -0.126. The highest BCUT2D eigenvalue weighted by Crippen LogP contribution is 2.33. The van der Waals surface area contributed by atoms with Crippen molar-refractivity contribution >= 4 is 5.78 Å². The summed E-state index contributed by atoms with van der Waals surface area (Å²) >= 11 is 0. The number of hydrogen-bond acceptors (Lipinski definition) is 4. The molecule has 4 heteroatoms. The number of rotatable bonds is 3. The zero-order valence-electron chi connectivity index (χ0n) is 9.15. The third-order valence-corrected chi connectivity index (χ3v) is 3.50. The van der Waals surface area contributed by atoms with Crippen LogP contribution in [0.1, 0.15) is 32.6 Å². The second-order valence-electron chi connectivity index (χ2n) is 4.46. The maximum absolute atomic E-state index is 11.9. The molecule has 1 saturated heterocycles. The molecule has 0 aromatic carbocycles. The normalized spacial score (nSPS) is 37.3. The molecule has 1 saturated carbocycles. The molecule has 2 aliphatic rings. The first-order valence-electron chi connectivity index (χ1n) is 5.75. The molecule has 0 radical (unpaired) electrons. The van der Waals surface area contributed by atoms with Gasteiger partial charge in [0.2, 0.25) is 0 Å². The van der Waals surface area contributed by atoms with Gasteiger partial charge in [-0.1, -0.05) is 6.92 Å². The summed E-state index contributed by atoms with van der Waals surface area (Å²) in [6.07, 6.45) is 3.68. The second-order valence-corrected chi connectivity index (χ2v) is 4.46. The minimum absolute atomic E-state index is 0.0860. The first kappa shape index (κ1) is 11.0. The Balaban J connectivity index is 1.92. The van der Waals surface area contributed by atoms with E-state index in [-0.39, 0.29) is 30.0 Å². The Morgan fingerprint density at radius 3 is 2.87 bits per heavy atom. The Labute approximate surface area is 90.1 Å². The monoisotopic (exact) mass is 213 g/mol. The maximum atomic E-state index is 11.9. The molecule has 4 unspecified atom stereocenters. The van der Waals surface area contributed by atoms with E-state index in [1.54, 1.807) is 0 Å². The summed E-state index contributed by atoms with van der Waals surface area (Å²) in [5.74, 6) is 0.286. The van der Waals surface area contributed by atoms with Gasteiger partial charge in [0.1, 0.15) is 6.79 Å². The molecule has 0 aromatic heterocycles. The molecule has 0 amide bonds. The molecule has 0 bridgehead atoms. The Kier molecular flexibility index (Phi) is 3.38. The lowest BCUT2D eigenvalue weighted by Gasteiger charge is -2.29. The summed E-state index contributed by atoms with van der Waals surface area (Å²) in [5, 5.41) is 0. The molecule has 1 aliphatic heterocycles. The van der Waals surface area contributed by atoms with E-state index in [4.69, 9.17) is 15.2 Å². The van der Waals surface area contributed by atoms with Crippen molar-refractivity contribution in [1.82, 2.24) is 0 Å². The number of Topliss-reactive ketones (excluding diaryl/α,β-unsaturated/α-hetero) is 1. The lowest BCUT2D eigenvalue weighted by atomic mass is 9.80. The van der Waals surface area contributed by atoms with Crippen LogP contribution in [0.25, 0.3) is 0 Å². The third kappa shape index (κ3) is 2.22. The summed E-state index contributed by atoms with van der Waals surface area (Å²) in [4.78, 5) is 11.9. The molecule has 1 aliphatic carbocycles. The van der Waals surface area contributed by atoms with E-state index in [0.717, 1.165) is 25.7 Å². The molecule has 4 atom stereocenters. The fourth-order valence-corrected chi connectivity index (χ4v) is 2.44. The summed E-state index contributed by atoms with van der Waals surface area (Å²) in [7, 11) is 0. The van der Waals surface area contributed by atoms with Crippen LogP contribution < -0.4 is 5.73 Å². The van der Waals surface area contributed by atoms with Crippen molar-refractivity contribution in [2.24, 2.45) is 11.7 Å². The summed E-state index contributed by atoms with van der Waals surface area (Å²) in [6, 6.07) is -0.297. The van der Waals surface area contributed by atoms with Crippen LogP contribution in [0.2, 0.25) is 0 Å². The molecule has 4 nitrogen and oxygen atoms in total. The molecule has 86 valence electrons. The highest BCUT2D eigenvalue weighted by molar-refractivity contribution is 5.86. The third-order valence-electron chi connectivity index (χ3n) is 3.50.